The van der Waals surface area contributed by atoms with Gasteiger partial charge in [-0.3, -0.25) is 0 Å². The molecule has 0 aliphatic heterocycles. The maximum Gasteiger partial charge on any atom is 0.124 e. The van der Waals surface area contributed by atoms with E-state index in [0.717, 1.165) is 17.8 Å². The van der Waals surface area contributed by atoms with Gasteiger partial charge in [-0.2, -0.15) is 0 Å². The monoisotopic (exact) mass is 293 g/mol. The molecule has 0 aliphatic carbocycles. The van der Waals surface area contributed by atoms with Crippen molar-refractivity contribution in [2.45, 2.75) is 46.6 Å². The Balaban J connectivity index is 2.41. The first-order chi connectivity index (χ1) is 9.29. The van der Waals surface area contributed by atoms with Gasteiger partial charge in [-0.25, -0.2) is 4.39 Å². The molecule has 1 aromatic carbocycles. The molecule has 20 heavy (non-hydrogen) atoms. The van der Waals surface area contributed by atoms with Crippen LogP contribution < -0.4 is 5.32 Å². The number of hydrogen-bond acceptors (Lipinski definition) is 2. The summed E-state index contributed by atoms with van der Waals surface area (Å²) in [6.45, 7) is 13.0. The lowest BCUT2D eigenvalue weighted by Crippen LogP contribution is -2.21. The molecule has 0 amide bonds. The standard InChI is InChI=1S/C17H24FNS/c1-11(2)9-19-10-15-16(17(3,4)5)13-7-6-12(18)8-14(13)20-15/h6-8,11,19H,9-10H2,1-5H3. The second-order valence-electron chi connectivity index (χ2n) is 6.82. The van der Waals surface area contributed by atoms with Crippen molar-refractivity contribution < 1.29 is 4.39 Å². The van der Waals surface area contributed by atoms with Crippen molar-refractivity contribution >= 4 is 21.4 Å². The zero-order valence-corrected chi connectivity index (χ0v) is 13.8. The van der Waals surface area contributed by atoms with Gasteiger partial charge in [-0.15, -0.1) is 11.3 Å². The summed E-state index contributed by atoms with van der Waals surface area (Å²) in [6, 6.07) is 5.14. The highest BCUT2D eigenvalue weighted by atomic mass is 32.1. The number of nitrogens with one attached hydrogen (secondary N) is 1. The van der Waals surface area contributed by atoms with Crippen LogP contribution in [0.2, 0.25) is 0 Å². The van der Waals surface area contributed by atoms with E-state index in [4.69, 9.17) is 0 Å². The third kappa shape index (κ3) is 3.39. The Hall–Kier alpha value is -0.930. The van der Waals surface area contributed by atoms with E-state index < -0.39 is 0 Å². The molecule has 0 saturated heterocycles. The van der Waals surface area contributed by atoms with E-state index >= 15 is 0 Å². The molecule has 110 valence electrons. The minimum atomic E-state index is -0.152. The number of rotatable bonds is 4. The molecule has 0 unspecified atom stereocenters. The predicted molar refractivity (Wildman–Crippen MR) is 87.0 cm³/mol. The average Bonchev–Trinajstić information content (AvgIpc) is 2.65. The van der Waals surface area contributed by atoms with Crippen LogP contribution in [0.4, 0.5) is 4.39 Å². The number of thiophene rings is 1. The van der Waals surface area contributed by atoms with Crippen molar-refractivity contribution in [1.29, 1.82) is 0 Å². The molecular formula is C17H24FNS. The van der Waals surface area contributed by atoms with Gasteiger partial charge in [0, 0.05) is 16.1 Å². The summed E-state index contributed by atoms with van der Waals surface area (Å²) < 4.78 is 14.5. The smallest absolute Gasteiger partial charge is 0.124 e. The number of hydrogen-bond donors (Lipinski definition) is 1. The lowest BCUT2D eigenvalue weighted by Gasteiger charge is -2.21. The van der Waals surface area contributed by atoms with Crippen LogP contribution in [-0.4, -0.2) is 6.54 Å². The maximum absolute atomic E-state index is 13.4. The van der Waals surface area contributed by atoms with Crippen molar-refractivity contribution in [2.75, 3.05) is 6.54 Å². The fourth-order valence-electron chi connectivity index (χ4n) is 2.54. The number of benzene rings is 1. The molecule has 1 aromatic heterocycles. The first-order valence-corrected chi connectivity index (χ1v) is 8.03. The van der Waals surface area contributed by atoms with Gasteiger partial charge >= 0.3 is 0 Å². The predicted octanol–water partition coefficient (Wildman–Crippen LogP) is 5.08. The van der Waals surface area contributed by atoms with E-state index in [1.165, 1.54) is 15.8 Å². The molecular weight excluding hydrogens is 269 g/mol. The average molecular weight is 293 g/mol. The van der Waals surface area contributed by atoms with Crippen molar-refractivity contribution in [2.24, 2.45) is 5.92 Å². The van der Waals surface area contributed by atoms with Crippen molar-refractivity contribution in [3.63, 3.8) is 0 Å². The van der Waals surface area contributed by atoms with Gasteiger partial charge in [-0.05, 0) is 41.0 Å². The summed E-state index contributed by atoms with van der Waals surface area (Å²) in [4.78, 5) is 1.33. The summed E-state index contributed by atoms with van der Waals surface area (Å²) in [5.41, 5.74) is 1.43. The van der Waals surface area contributed by atoms with Gasteiger partial charge in [0.05, 0.1) is 0 Å². The Morgan fingerprint density at radius 1 is 1.25 bits per heavy atom. The Morgan fingerprint density at radius 3 is 2.55 bits per heavy atom. The summed E-state index contributed by atoms with van der Waals surface area (Å²) in [7, 11) is 0. The molecule has 0 radical (unpaired) electrons. The first kappa shape index (κ1) is 15.5. The lowest BCUT2D eigenvalue weighted by molar-refractivity contribution is 0.543. The Morgan fingerprint density at radius 2 is 1.95 bits per heavy atom. The summed E-state index contributed by atoms with van der Waals surface area (Å²) in [5.74, 6) is 0.487. The minimum absolute atomic E-state index is 0.0743. The van der Waals surface area contributed by atoms with Crippen LogP contribution in [0.1, 0.15) is 45.1 Å². The van der Waals surface area contributed by atoms with E-state index in [-0.39, 0.29) is 11.2 Å². The van der Waals surface area contributed by atoms with Crippen LogP contribution in [0.25, 0.3) is 10.1 Å². The summed E-state index contributed by atoms with van der Waals surface area (Å²) in [5, 5.41) is 4.71. The quantitative estimate of drug-likeness (QED) is 0.828. The largest absolute Gasteiger partial charge is 0.312 e. The molecule has 0 bridgehead atoms. The highest BCUT2D eigenvalue weighted by Crippen LogP contribution is 2.39. The molecule has 0 aliphatic rings. The zero-order valence-electron chi connectivity index (χ0n) is 13.0. The molecule has 1 nitrogen and oxygen atoms in total. The molecule has 3 heteroatoms. The van der Waals surface area contributed by atoms with Gasteiger partial charge in [0.2, 0.25) is 0 Å². The van der Waals surface area contributed by atoms with Crippen molar-refractivity contribution in [3.05, 3.63) is 34.5 Å². The SMILES string of the molecule is CC(C)CNCc1sc2cc(F)ccc2c1C(C)(C)C. The van der Waals surface area contributed by atoms with Gasteiger partial charge in [-0.1, -0.05) is 40.7 Å². The van der Waals surface area contributed by atoms with Crippen molar-refractivity contribution in [1.82, 2.24) is 5.32 Å². The minimum Gasteiger partial charge on any atom is -0.312 e. The highest BCUT2D eigenvalue weighted by Gasteiger charge is 2.23. The normalized spacial score (nSPS) is 12.6. The Labute approximate surface area is 125 Å². The molecule has 0 spiro atoms. The van der Waals surface area contributed by atoms with Crippen LogP contribution in [0.15, 0.2) is 18.2 Å². The van der Waals surface area contributed by atoms with E-state index in [0.29, 0.717) is 5.92 Å². The second kappa shape index (κ2) is 5.82. The topological polar surface area (TPSA) is 12.0 Å². The Kier molecular flexibility index (Phi) is 4.50. The van der Waals surface area contributed by atoms with Crippen LogP contribution in [0.5, 0.6) is 0 Å². The van der Waals surface area contributed by atoms with Crippen LogP contribution in [0, 0.1) is 11.7 Å². The third-order valence-corrected chi connectivity index (χ3v) is 4.47. The van der Waals surface area contributed by atoms with Crippen LogP contribution >= 0.6 is 11.3 Å². The summed E-state index contributed by atoms with van der Waals surface area (Å²) in [6.07, 6.45) is 0. The zero-order chi connectivity index (χ0) is 14.9. The van der Waals surface area contributed by atoms with Crippen LogP contribution in [-0.2, 0) is 12.0 Å². The number of halogens is 1. The summed E-state index contributed by atoms with van der Waals surface area (Å²) >= 11 is 1.71. The first-order valence-electron chi connectivity index (χ1n) is 7.21. The maximum atomic E-state index is 13.4. The molecule has 0 atom stereocenters. The van der Waals surface area contributed by atoms with Gasteiger partial charge < -0.3 is 5.32 Å². The Bertz CT molecular complexity index is 593. The molecule has 1 N–H and O–H groups in total. The molecule has 2 aromatic rings. The molecule has 2 rings (SSSR count). The van der Waals surface area contributed by atoms with Gasteiger partial charge in [0.15, 0.2) is 0 Å². The fraction of sp³-hybridized carbons (Fsp3) is 0.529. The van der Waals surface area contributed by atoms with Gasteiger partial charge in [0.1, 0.15) is 5.82 Å². The molecule has 0 saturated carbocycles. The third-order valence-electron chi connectivity index (χ3n) is 3.31. The van der Waals surface area contributed by atoms with E-state index in [1.54, 1.807) is 23.5 Å². The van der Waals surface area contributed by atoms with Gasteiger partial charge in [0.25, 0.3) is 0 Å². The van der Waals surface area contributed by atoms with Crippen LogP contribution in [0.3, 0.4) is 0 Å². The van der Waals surface area contributed by atoms with E-state index in [1.807, 2.05) is 6.07 Å². The van der Waals surface area contributed by atoms with E-state index in [2.05, 4.69) is 39.9 Å². The van der Waals surface area contributed by atoms with Crippen molar-refractivity contribution in [3.8, 4) is 0 Å². The molecule has 0 fully saturated rings. The lowest BCUT2D eigenvalue weighted by atomic mass is 9.85. The highest BCUT2D eigenvalue weighted by molar-refractivity contribution is 7.19. The fourth-order valence-corrected chi connectivity index (χ4v) is 3.95. The van der Waals surface area contributed by atoms with E-state index in [9.17, 15) is 4.39 Å². The second-order valence-corrected chi connectivity index (χ2v) is 7.95. The molecule has 1 heterocycles. The number of fused-ring (bicyclic) bond motifs is 1.